The van der Waals surface area contributed by atoms with Gasteiger partial charge < -0.3 is 15.0 Å². The molecular weight excluding hydrogens is 425 g/mol. The molecule has 4 aliphatic rings. The van der Waals surface area contributed by atoms with Crippen LogP contribution in [-0.4, -0.2) is 47.6 Å². The first-order valence-electron chi connectivity index (χ1n) is 9.92. The minimum Gasteiger partial charge on any atom is -0.484 e. The van der Waals surface area contributed by atoms with Crippen LogP contribution in [0.3, 0.4) is 0 Å². The molecule has 0 spiro atoms. The molecule has 1 N–H and O–H groups in total. The van der Waals surface area contributed by atoms with E-state index in [0.29, 0.717) is 28.9 Å². The van der Waals surface area contributed by atoms with Gasteiger partial charge in [0.2, 0.25) is 0 Å². The minimum absolute atomic E-state index is 0.0306. The highest BCUT2D eigenvalue weighted by Crippen LogP contribution is 2.64. The van der Waals surface area contributed by atoms with Crippen LogP contribution in [0.15, 0.2) is 48.5 Å². The van der Waals surface area contributed by atoms with Crippen molar-refractivity contribution < 1.29 is 14.3 Å². The number of carbonyl (C=O) groups excluding carboxylic acids is 2. The third-order valence-corrected chi connectivity index (χ3v) is 6.81. The smallest absolute Gasteiger partial charge is 0.325 e. The molecule has 0 radical (unpaired) electrons. The fourth-order valence-electron chi connectivity index (χ4n) is 5.00. The Balaban J connectivity index is 1.13. The van der Waals surface area contributed by atoms with Crippen LogP contribution >= 0.6 is 23.2 Å². The Kier molecular flexibility index (Phi) is 4.60. The Morgan fingerprint density at radius 3 is 2.20 bits per heavy atom. The van der Waals surface area contributed by atoms with E-state index in [9.17, 15) is 9.59 Å². The van der Waals surface area contributed by atoms with Gasteiger partial charge in [0.05, 0.1) is 5.54 Å². The molecule has 0 atom stereocenters. The van der Waals surface area contributed by atoms with E-state index in [4.69, 9.17) is 27.9 Å². The molecule has 4 fully saturated rings. The highest BCUT2D eigenvalue weighted by molar-refractivity contribution is 6.30. The van der Waals surface area contributed by atoms with Gasteiger partial charge in [-0.25, -0.2) is 4.79 Å². The molecule has 3 aliphatic carbocycles. The van der Waals surface area contributed by atoms with Crippen LogP contribution in [0, 0.1) is 0 Å². The molecule has 0 unspecified atom stereocenters. The number of anilines is 1. The summed E-state index contributed by atoms with van der Waals surface area (Å²) in [6, 6.07) is 14.3. The van der Waals surface area contributed by atoms with Gasteiger partial charge in [0, 0.05) is 34.4 Å². The minimum atomic E-state index is -0.200. The number of amides is 3. The van der Waals surface area contributed by atoms with Crippen molar-refractivity contribution in [2.75, 3.05) is 24.6 Å². The van der Waals surface area contributed by atoms with Crippen LogP contribution in [-0.2, 0) is 4.79 Å². The van der Waals surface area contributed by atoms with Crippen LogP contribution in [0.25, 0.3) is 0 Å². The van der Waals surface area contributed by atoms with Gasteiger partial charge in [0.15, 0.2) is 6.61 Å². The third kappa shape index (κ3) is 3.28. The summed E-state index contributed by atoms with van der Waals surface area (Å²) in [7, 11) is 0. The summed E-state index contributed by atoms with van der Waals surface area (Å²) >= 11 is 11.8. The van der Waals surface area contributed by atoms with Gasteiger partial charge in [-0.05, 0) is 67.8 Å². The van der Waals surface area contributed by atoms with Crippen LogP contribution in [0.1, 0.15) is 19.3 Å². The summed E-state index contributed by atoms with van der Waals surface area (Å²) in [6.07, 6.45) is 2.40. The van der Waals surface area contributed by atoms with Crippen LogP contribution in [0.4, 0.5) is 10.5 Å². The standard InChI is InChI=1S/C22H21Cl2N3O3/c23-15-1-5-17(6-2-15)26-9-10-27(20(26)29)22-12-21(13-22,14-22)25-19(28)11-30-18-7-3-16(24)4-8-18/h1-8H,9-14H2,(H,25,28). The molecule has 3 saturated carbocycles. The Morgan fingerprint density at radius 1 is 0.967 bits per heavy atom. The van der Waals surface area contributed by atoms with Gasteiger partial charge in [0.1, 0.15) is 5.75 Å². The van der Waals surface area contributed by atoms with E-state index < -0.39 is 0 Å². The maximum absolute atomic E-state index is 13.0. The Bertz CT molecular complexity index is 974. The summed E-state index contributed by atoms with van der Waals surface area (Å²) in [6.45, 7) is 1.32. The van der Waals surface area contributed by atoms with Gasteiger partial charge in [0.25, 0.3) is 5.91 Å². The number of hydrogen-bond acceptors (Lipinski definition) is 3. The number of urea groups is 1. The molecule has 6 nitrogen and oxygen atoms in total. The average molecular weight is 446 g/mol. The van der Waals surface area contributed by atoms with E-state index in [-0.39, 0.29) is 29.6 Å². The summed E-state index contributed by atoms with van der Waals surface area (Å²) < 4.78 is 5.52. The van der Waals surface area contributed by atoms with Crippen LogP contribution in [0.2, 0.25) is 10.0 Å². The molecule has 2 aromatic rings. The van der Waals surface area contributed by atoms with Gasteiger partial charge in [-0.1, -0.05) is 23.2 Å². The summed E-state index contributed by atoms with van der Waals surface area (Å²) in [4.78, 5) is 29.0. The predicted octanol–water partition coefficient (Wildman–Crippen LogP) is 4.11. The molecule has 156 valence electrons. The van der Waals surface area contributed by atoms with Crippen molar-refractivity contribution >= 4 is 40.8 Å². The third-order valence-electron chi connectivity index (χ3n) is 6.31. The van der Waals surface area contributed by atoms with Crippen LogP contribution in [0.5, 0.6) is 5.75 Å². The quantitative estimate of drug-likeness (QED) is 0.727. The largest absolute Gasteiger partial charge is 0.484 e. The predicted molar refractivity (Wildman–Crippen MR) is 115 cm³/mol. The number of rotatable bonds is 6. The summed E-state index contributed by atoms with van der Waals surface area (Å²) in [5.74, 6) is 0.461. The Morgan fingerprint density at radius 2 is 1.57 bits per heavy atom. The average Bonchev–Trinajstić information content (AvgIpc) is 3.05. The van der Waals surface area contributed by atoms with E-state index in [0.717, 1.165) is 24.9 Å². The summed E-state index contributed by atoms with van der Waals surface area (Å²) in [5, 5.41) is 4.37. The van der Waals surface area contributed by atoms with Crippen molar-refractivity contribution in [2.45, 2.75) is 30.3 Å². The molecule has 0 aromatic heterocycles. The van der Waals surface area contributed by atoms with E-state index in [1.54, 1.807) is 41.3 Å². The lowest BCUT2D eigenvalue weighted by Crippen LogP contribution is -2.84. The monoisotopic (exact) mass is 445 g/mol. The Hall–Kier alpha value is -2.44. The molecular formula is C22H21Cl2N3O3. The zero-order valence-corrected chi connectivity index (χ0v) is 17.7. The number of carbonyl (C=O) groups is 2. The molecule has 30 heavy (non-hydrogen) atoms. The highest BCUT2D eigenvalue weighted by Gasteiger charge is 2.72. The maximum atomic E-state index is 13.0. The number of halogens is 2. The molecule has 1 heterocycles. The van der Waals surface area contributed by atoms with Crippen molar-refractivity contribution in [1.29, 1.82) is 0 Å². The normalized spacial score (nSPS) is 26.8. The van der Waals surface area contributed by atoms with Crippen molar-refractivity contribution in [3.05, 3.63) is 58.6 Å². The molecule has 2 aromatic carbocycles. The number of benzene rings is 2. The fourth-order valence-corrected chi connectivity index (χ4v) is 5.25. The van der Waals surface area contributed by atoms with Crippen LogP contribution < -0.4 is 15.0 Å². The first kappa shape index (κ1) is 19.5. The second-order valence-corrected chi connectivity index (χ2v) is 9.26. The SMILES string of the molecule is O=C(COc1ccc(Cl)cc1)NC12CC(N3CCN(c4ccc(Cl)cc4)C3=O)(C1)C2. The summed E-state index contributed by atoms with van der Waals surface area (Å²) in [5.41, 5.74) is 0.539. The van der Waals surface area contributed by atoms with E-state index in [2.05, 4.69) is 5.32 Å². The zero-order valence-electron chi connectivity index (χ0n) is 16.2. The fraction of sp³-hybridized carbons (Fsp3) is 0.364. The van der Waals surface area contributed by atoms with E-state index in [1.165, 1.54) is 0 Å². The Labute approximate surface area is 184 Å². The topological polar surface area (TPSA) is 61.9 Å². The lowest BCUT2D eigenvalue weighted by atomic mass is 9.43. The molecule has 1 aliphatic heterocycles. The zero-order chi connectivity index (χ0) is 20.9. The second-order valence-electron chi connectivity index (χ2n) is 8.39. The van der Waals surface area contributed by atoms with E-state index >= 15 is 0 Å². The van der Waals surface area contributed by atoms with Crippen molar-refractivity contribution in [2.24, 2.45) is 0 Å². The van der Waals surface area contributed by atoms with Gasteiger partial charge in [-0.15, -0.1) is 0 Å². The molecule has 6 rings (SSSR count). The molecule has 8 heteroatoms. The van der Waals surface area contributed by atoms with Gasteiger partial charge in [-0.2, -0.15) is 0 Å². The number of hydrogen-bond donors (Lipinski definition) is 1. The molecule has 3 amide bonds. The number of ether oxygens (including phenoxy) is 1. The lowest BCUT2D eigenvalue weighted by Gasteiger charge is -2.72. The van der Waals surface area contributed by atoms with Crippen molar-refractivity contribution in [3.63, 3.8) is 0 Å². The van der Waals surface area contributed by atoms with Gasteiger partial charge >= 0.3 is 6.03 Å². The molecule has 1 saturated heterocycles. The number of nitrogens with zero attached hydrogens (tertiary/aromatic N) is 2. The maximum Gasteiger partial charge on any atom is 0.325 e. The molecule has 2 bridgehead atoms. The number of nitrogens with one attached hydrogen (secondary N) is 1. The first-order chi connectivity index (χ1) is 14.4. The highest BCUT2D eigenvalue weighted by atomic mass is 35.5. The van der Waals surface area contributed by atoms with Gasteiger partial charge in [-0.3, -0.25) is 9.69 Å². The van der Waals surface area contributed by atoms with Crippen molar-refractivity contribution in [1.82, 2.24) is 10.2 Å². The van der Waals surface area contributed by atoms with E-state index in [1.807, 2.05) is 17.0 Å². The van der Waals surface area contributed by atoms with Crippen molar-refractivity contribution in [3.8, 4) is 5.75 Å². The first-order valence-corrected chi connectivity index (χ1v) is 10.7. The second kappa shape index (κ2) is 7.06. The lowest BCUT2D eigenvalue weighted by molar-refractivity contribution is -0.165.